The number of aryl methyl sites for hydroxylation is 1. The molecule has 0 saturated carbocycles. The van der Waals surface area contributed by atoms with Crippen LogP contribution in [0.25, 0.3) is 22.0 Å². The number of piperazine rings is 1. The van der Waals surface area contributed by atoms with Crippen molar-refractivity contribution in [2.45, 2.75) is 38.3 Å². The number of amides is 1. The Morgan fingerprint density at radius 2 is 1.84 bits per heavy atom. The fraction of sp³-hybridized carbons (Fsp3) is 0.357. The van der Waals surface area contributed by atoms with Crippen LogP contribution in [0, 0.1) is 6.92 Å². The Balaban J connectivity index is 1.51. The van der Waals surface area contributed by atoms with Crippen molar-refractivity contribution in [2.75, 3.05) is 31.1 Å². The van der Waals surface area contributed by atoms with E-state index in [0.29, 0.717) is 42.0 Å². The molecule has 222 valence electrons. The van der Waals surface area contributed by atoms with Crippen LogP contribution in [-0.4, -0.2) is 97.7 Å². The zero-order chi connectivity index (χ0) is 31.1. The second-order valence-corrected chi connectivity index (χ2v) is 11.9. The number of aromatic nitrogens is 4. The highest BCUT2D eigenvalue weighted by atomic mass is 19.3. The van der Waals surface area contributed by atoms with E-state index >= 15 is 0 Å². The number of benzene rings is 2. The van der Waals surface area contributed by atoms with Crippen LogP contribution in [-0.2, 0) is 16.6 Å². The molecule has 0 aliphatic carbocycles. The van der Waals surface area contributed by atoms with E-state index in [2.05, 4.69) is 9.97 Å². The molecule has 1 aliphatic rings. The zero-order valence-corrected chi connectivity index (χ0v) is 24.9. The van der Waals surface area contributed by atoms with Gasteiger partial charge in [-0.2, -0.15) is 8.78 Å². The predicted octanol–water partition coefficient (Wildman–Crippen LogP) is -0.285. The van der Waals surface area contributed by atoms with Crippen molar-refractivity contribution in [3.05, 3.63) is 70.3 Å². The zero-order valence-electron chi connectivity index (χ0n) is 24.9. The average Bonchev–Trinajstić information content (AvgIpc) is 3.24. The van der Waals surface area contributed by atoms with E-state index in [4.69, 9.17) is 4.74 Å². The normalized spacial score (nSPS) is 15.8. The topological polar surface area (TPSA) is 106 Å². The van der Waals surface area contributed by atoms with Gasteiger partial charge in [-0.05, 0) is 42.8 Å². The van der Waals surface area contributed by atoms with Gasteiger partial charge in [0.05, 0.1) is 17.4 Å². The van der Waals surface area contributed by atoms with Crippen LogP contribution >= 0.6 is 0 Å². The quantitative estimate of drug-likeness (QED) is 0.283. The Bertz CT molecular complexity index is 1710. The van der Waals surface area contributed by atoms with Gasteiger partial charge in [0.1, 0.15) is 35.9 Å². The molecule has 1 N–H and O–H groups in total. The Morgan fingerprint density at radius 1 is 1.12 bits per heavy atom. The molecule has 0 bridgehead atoms. The lowest BCUT2D eigenvalue weighted by Gasteiger charge is -2.39. The highest BCUT2D eigenvalue weighted by Gasteiger charge is 2.28. The van der Waals surface area contributed by atoms with Crippen molar-refractivity contribution in [1.29, 1.82) is 0 Å². The largest absolute Gasteiger partial charge is 0.434 e. The third-order valence-electron chi connectivity index (χ3n) is 7.67. The number of fused-ring (bicyclic) bond motifs is 1. The molecule has 2 aromatic heterocycles. The molecule has 10 nitrogen and oxygen atoms in total. The summed E-state index contributed by atoms with van der Waals surface area (Å²) in [6.07, 6.45) is 3.44. The molecule has 5 rings (SSSR count). The molecule has 1 saturated heterocycles. The Kier molecular flexibility index (Phi) is 8.37. The number of aliphatic hydroxyl groups is 1. The van der Waals surface area contributed by atoms with Gasteiger partial charge in [-0.1, -0.05) is 23.8 Å². The van der Waals surface area contributed by atoms with Gasteiger partial charge in [0.15, 0.2) is 0 Å². The van der Waals surface area contributed by atoms with Gasteiger partial charge in [-0.25, -0.2) is 9.97 Å². The Labute approximate surface area is 250 Å². The van der Waals surface area contributed by atoms with Gasteiger partial charge in [-0.3, -0.25) is 19.0 Å². The molecule has 2 aromatic carbocycles. The van der Waals surface area contributed by atoms with Crippen molar-refractivity contribution < 1.29 is 23.4 Å². The predicted molar refractivity (Wildman–Crippen MR) is 168 cm³/mol. The molecule has 15 heteroatoms. The van der Waals surface area contributed by atoms with E-state index < -0.39 is 18.5 Å². The van der Waals surface area contributed by atoms with Crippen LogP contribution in [0.2, 0.25) is 0 Å². The van der Waals surface area contributed by atoms with E-state index in [-0.39, 0.29) is 29.8 Å². The first-order valence-electron chi connectivity index (χ1n) is 14.2. The molecule has 43 heavy (non-hydrogen) atoms. The molecule has 1 fully saturated rings. The standard InChI is InChI=1S/C28H33B3F2N6O4/c1-16-3-6-23(43-26(32)33)19(9-16)14-38-22-10-18(4-5-21(22)25(42)39(38)28(29,30)31)20-11-34-27(35-12-20)36-7-8-37(17(2)13-36)24(41)15-40/h3-6,9-12,17,26,40H,7-8,13-15,29-31H2,1-2H3/t17-/m1/s1. The minimum absolute atomic E-state index is 0.0615. The third kappa shape index (κ3) is 6.17. The van der Waals surface area contributed by atoms with Gasteiger partial charge in [0.25, 0.3) is 5.56 Å². The minimum atomic E-state index is -2.97. The maximum Gasteiger partial charge on any atom is 0.387 e. The van der Waals surface area contributed by atoms with Gasteiger partial charge in [0, 0.05) is 49.2 Å². The number of carbonyl (C=O) groups is 1. The number of rotatable bonds is 8. The molecular weight excluding hydrogens is 555 g/mol. The maximum atomic E-state index is 13.6. The minimum Gasteiger partial charge on any atom is -0.434 e. The highest BCUT2D eigenvalue weighted by Crippen LogP contribution is 2.28. The van der Waals surface area contributed by atoms with E-state index in [1.807, 2.05) is 59.1 Å². The molecule has 1 aliphatic heterocycles. The first-order valence-corrected chi connectivity index (χ1v) is 14.2. The second-order valence-electron chi connectivity index (χ2n) is 11.9. The second kappa shape index (κ2) is 11.9. The number of alkyl halides is 2. The summed E-state index contributed by atoms with van der Waals surface area (Å²) in [6.45, 7) is 2.00. The fourth-order valence-electron chi connectivity index (χ4n) is 5.70. The lowest BCUT2D eigenvalue weighted by atomic mass is 9.49. The van der Waals surface area contributed by atoms with E-state index in [0.717, 1.165) is 16.7 Å². The number of nitrogens with zero attached hydrogens (tertiary/aromatic N) is 6. The molecule has 4 aromatic rings. The molecule has 1 amide bonds. The average molecular weight is 588 g/mol. The van der Waals surface area contributed by atoms with Gasteiger partial charge in [0.2, 0.25) is 11.9 Å². The maximum absolute atomic E-state index is 13.6. The van der Waals surface area contributed by atoms with E-state index in [1.54, 1.807) is 40.2 Å². The lowest BCUT2D eigenvalue weighted by Crippen LogP contribution is -2.55. The summed E-state index contributed by atoms with van der Waals surface area (Å²) in [5, 5.41) is 9.12. The first kappa shape index (κ1) is 30.3. The van der Waals surface area contributed by atoms with Crippen LogP contribution < -0.4 is 15.2 Å². The molecule has 3 heterocycles. The summed E-state index contributed by atoms with van der Waals surface area (Å²) >= 11 is 0. The first-order chi connectivity index (χ1) is 20.4. The molecule has 0 spiro atoms. The number of anilines is 1. The van der Waals surface area contributed by atoms with Crippen molar-refractivity contribution >= 4 is 46.3 Å². The Morgan fingerprint density at radius 3 is 2.47 bits per heavy atom. The molecular formula is C28H33B3F2N6O4. The van der Waals surface area contributed by atoms with Crippen molar-refractivity contribution in [3.8, 4) is 16.9 Å². The lowest BCUT2D eigenvalue weighted by molar-refractivity contribution is -0.136. The molecule has 1 atom stereocenters. The Hall–Kier alpha value is -4.13. The smallest absolute Gasteiger partial charge is 0.387 e. The van der Waals surface area contributed by atoms with Gasteiger partial charge in [-0.15, -0.1) is 0 Å². The highest BCUT2D eigenvalue weighted by molar-refractivity contribution is 6.56. The van der Waals surface area contributed by atoms with Crippen LogP contribution in [0.15, 0.2) is 53.6 Å². The monoisotopic (exact) mass is 588 g/mol. The third-order valence-corrected chi connectivity index (χ3v) is 7.67. The number of hydrogen-bond acceptors (Lipinski definition) is 7. The van der Waals surface area contributed by atoms with Crippen molar-refractivity contribution in [3.63, 3.8) is 0 Å². The summed E-state index contributed by atoms with van der Waals surface area (Å²) in [7, 11) is 5.76. The van der Waals surface area contributed by atoms with Gasteiger partial charge >= 0.3 is 6.61 Å². The summed E-state index contributed by atoms with van der Waals surface area (Å²) in [5.74, 6) is 0.304. The van der Waals surface area contributed by atoms with E-state index in [9.17, 15) is 23.5 Å². The summed E-state index contributed by atoms with van der Waals surface area (Å²) in [4.78, 5) is 38.4. The van der Waals surface area contributed by atoms with Crippen LogP contribution in [0.5, 0.6) is 5.75 Å². The number of halogens is 2. The van der Waals surface area contributed by atoms with Crippen LogP contribution in [0.1, 0.15) is 18.1 Å². The fourth-order valence-corrected chi connectivity index (χ4v) is 5.70. The SMILES string of the molecule is BC(B)(B)n1c(=O)c2ccc(-c3cnc(N4CCN(C(=O)CO)[C@H](C)C4)nc3)cc2n1Cc1cc(C)ccc1OC(F)F. The summed E-state index contributed by atoms with van der Waals surface area (Å²) in [6, 6.07) is 10.4. The number of aliphatic hydroxyl groups excluding tert-OH is 1. The van der Waals surface area contributed by atoms with Crippen molar-refractivity contribution in [1.82, 2.24) is 24.2 Å². The number of carbonyl (C=O) groups excluding carboxylic acids is 1. The van der Waals surface area contributed by atoms with E-state index in [1.165, 1.54) is 6.07 Å². The summed E-state index contributed by atoms with van der Waals surface area (Å²) < 4.78 is 34.7. The number of ether oxygens (including phenoxy) is 1. The van der Waals surface area contributed by atoms with Gasteiger partial charge < -0.3 is 19.6 Å². The molecule has 0 unspecified atom stereocenters. The van der Waals surface area contributed by atoms with Crippen LogP contribution in [0.4, 0.5) is 14.7 Å². The van der Waals surface area contributed by atoms with Crippen LogP contribution in [0.3, 0.4) is 0 Å². The number of hydrogen-bond donors (Lipinski definition) is 1. The summed E-state index contributed by atoms with van der Waals surface area (Å²) in [5.41, 5.74) is 3.41. The van der Waals surface area contributed by atoms with Crippen molar-refractivity contribution in [2.24, 2.45) is 0 Å². The molecule has 0 radical (unpaired) electrons.